The molecule has 0 radical (unpaired) electrons. The van der Waals surface area contributed by atoms with E-state index >= 15 is 0 Å². The minimum absolute atomic E-state index is 0.789. The van der Waals surface area contributed by atoms with Crippen LogP contribution in [0.15, 0.2) is 11.6 Å². The summed E-state index contributed by atoms with van der Waals surface area (Å²) in [6.45, 7) is 10.6. The summed E-state index contributed by atoms with van der Waals surface area (Å²) in [5.74, 6) is 1.63. The van der Waals surface area contributed by atoms with E-state index in [0.717, 1.165) is 18.4 Å². The van der Waals surface area contributed by atoms with Crippen molar-refractivity contribution in [2.24, 2.45) is 11.8 Å². The lowest BCUT2D eigenvalue weighted by Crippen LogP contribution is -2.29. The molecule has 3 nitrogen and oxygen atoms in total. The molecule has 0 amide bonds. The highest BCUT2D eigenvalue weighted by atomic mass is 32.1. The molecule has 102 valence electrons. The molecule has 2 rings (SSSR count). The van der Waals surface area contributed by atoms with Gasteiger partial charge < -0.3 is 4.90 Å². The molecule has 0 N–H and O–H groups in total. The Morgan fingerprint density at radius 3 is 3.06 bits per heavy atom. The van der Waals surface area contributed by atoms with Crippen LogP contribution in [0.25, 0.3) is 0 Å². The van der Waals surface area contributed by atoms with Gasteiger partial charge in [-0.1, -0.05) is 13.8 Å². The van der Waals surface area contributed by atoms with E-state index in [9.17, 15) is 0 Å². The average Bonchev–Trinajstić information content (AvgIpc) is 2.89. The summed E-state index contributed by atoms with van der Waals surface area (Å²) < 4.78 is 0. The molecule has 1 atom stereocenters. The van der Waals surface area contributed by atoms with E-state index in [1.54, 1.807) is 11.3 Å². The molecule has 0 aromatic carbocycles. The Balaban J connectivity index is 1.70. The van der Waals surface area contributed by atoms with Crippen LogP contribution in [-0.4, -0.2) is 48.0 Å². The first kappa shape index (κ1) is 14.0. The standard InChI is InChI=1S/C14H25N3S/c1-12(2)8-17-6-4-13(10-17)9-16(3)11-14-15-5-7-18-14/h5,7,12-13H,4,6,8-11H2,1-3H3/t13-/m0/s1. The maximum Gasteiger partial charge on any atom is 0.107 e. The molecule has 0 saturated carbocycles. The highest BCUT2D eigenvalue weighted by Crippen LogP contribution is 2.19. The maximum atomic E-state index is 4.35. The van der Waals surface area contributed by atoms with Crippen molar-refractivity contribution in [3.63, 3.8) is 0 Å². The number of nitrogens with zero attached hydrogens (tertiary/aromatic N) is 3. The lowest BCUT2D eigenvalue weighted by atomic mass is 10.1. The van der Waals surface area contributed by atoms with Crippen molar-refractivity contribution in [1.82, 2.24) is 14.8 Å². The van der Waals surface area contributed by atoms with Gasteiger partial charge in [0.25, 0.3) is 0 Å². The predicted octanol–water partition coefficient (Wildman–Crippen LogP) is 2.55. The Hall–Kier alpha value is -0.450. The van der Waals surface area contributed by atoms with Gasteiger partial charge in [-0.3, -0.25) is 4.90 Å². The zero-order valence-corrected chi connectivity index (χ0v) is 12.6. The Labute approximate surface area is 115 Å². The van der Waals surface area contributed by atoms with Crippen LogP contribution in [0.2, 0.25) is 0 Å². The Kier molecular flexibility index (Phi) is 5.15. The summed E-state index contributed by atoms with van der Waals surface area (Å²) in [6, 6.07) is 0. The van der Waals surface area contributed by atoms with Gasteiger partial charge in [-0.25, -0.2) is 4.98 Å². The molecule has 4 heteroatoms. The number of hydrogen-bond donors (Lipinski definition) is 0. The van der Waals surface area contributed by atoms with Gasteiger partial charge >= 0.3 is 0 Å². The Bertz CT molecular complexity index is 337. The molecule has 0 aliphatic carbocycles. The molecule has 2 heterocycles. The zero-order chi connectivity index (χ0) is 13.0. The van der Waals surface area contributed by atoms with Crippen molar-refractivity contribution in [3.8, 4) is 0 Å². The third-order valence-electron chi connectivity index (χ3n) is 3.45. The monoisotopic (exact) mass is 267 g/mol. The fourth-order valence-corrected chi connectivity index (χ4v) is 3.51. The van der Waals surface area contributed by atoms with Crippen molar-refractivity contribution in [2.75, 3.05) is 33.2 Å². The van der Waals surface area contributed by atoms with Crippen LogP contribution in [0.3, 0.4) is 0 Å². The molecule has 1 aliphatic rings. The minimum atomic E-state index is 0.789. The lowest BCUT2D eigenvalue weighted by molar-refractivity contribution is 0.247. The number of thiazole rings is 1. The minimum Gasteiger partial charge on any atom is -0.303 e. The van der Waals surface area contributed by atoms with Crippen LogP contribution in [0.5, 0.6) is 0 Å². The zero-order valence-electron chi connectivity index (χ0n) is 11.8. The van der Waals surface area contributed by atoms with E-state index in [-0.39, 0.29) is 0 Å². The van der Waals surface area contributed by atoms with Crippen molar-refractivity contribution in [2.45, 2.75) is 26.8 Å². The molecule has 0 unspecified atom stereocenters. The van der Waals surface area contributed by atoms with Gasteiger partial charge in [0.05, 0.1) is 6.54 Å². The van der Waals surface area contributed by atoms with E-state index in [4.69, 9.17) is 0 Å². The molecule has 1 aromatic heterocycles. The van der Waals surface area contributed by atoms with E-state index < -0.39 is 0 Å². The average molecular weight is 267 g/mol. The topological polar surface area (TPSA) is 19.4 Å². The molecule has 1 aromatic rings. The second-order valence-corrected chi connectivity index (χ2v) is 6.91. The van der Waals surface area contributed by atoms with Crippen LogP contribution in [0.1, 0.15) is 25.3 Å². The number of rotatable bonds is 6. The second-order valence-electron chi connectivity index (χ2n) is 5.93. The van der Waals surface area contributed by atoms with Crippen LogP contribution < -0.4 is 0 Å². The van der Waals surface area contributed by atoms with Crippen LogP contribution >= 0.6 is 11.3 Å². The third-order valence-corrected chi connectivity index (χ3v) is 4.22. The summed E-state index contributed by atoms with van der Waals surface area (Å²) in [4.78, 5) is 9.39. The summed E-state index contributed by atoms with van der Waals surface area (Å²) in [5, 5.41) is 3.29. The summed E-state index contributed by atoms with van der Waals surface area (Å²) in [7, 11) is 2.21. The largest absolute Gasteiger partial charge is 0.303 e. The normalized spacial score (nSPS) is 21.3. The molecule has 1 fully saturated rings. The molecular weight excluding hydrogens is 242 g/mol. The van der Waals surface area contributed by atoms with Gasteiger partial charge in [-0.05, 0) is 31.8 Å². The van der Waals surface area contributed by atoms with E-state index in [2.05, 4.69) is 41.1 Å². The highest BCUT2D eigenvalue weighted by molar-refractivity contribution is 7.09. The molecule has 1 saturated heterocycles. The van der Waals surface area contributed by atoms with Gasteiger partial charge in [-0.2, -0.15) is 0 Å². The quantitative estimate of drug-likeness (QED) is 0.789. The predicted molar refractivity (Wildman–Crippen MR) is 77.8 cm³/mol. The number of likely N-dealkylation sites (tertiary alicyclic amines) is 1. The van der Waals surface area contributed by atoms with Gasteiger partial charge in [0.15, 0.2) is 0 Å². The second kappa shape index (κ2) is 6.64. The summed E-state index contributed by atoms with van der Waals surface area (Å²) in [6.07, 6.45) is 3.25. The number of hydrogen-bond acceptors (Lipinski definition) is 4. The Morgan fingerprint density at radius 1 is 1.56 bits per heavy atom. The van der Waals surface area contributed by atoms with Crippen molar-refractivity contribution >= 4 is 11.3 Å². The van der Waals surface area contributed by atoms with Gasteiger partial charge in [0.1, 0.15) is 5.01 Å². The first-order valence-electron chi connectivity index (χ1n) is 6.92. The van der Waals surface area contributed by atoms with Crippen LogP contribution in [-0.2, 0) is 6.54 Å². The number of aromatic nitrogens is 1. The van der Waals surface area contributed by atoms with Crippen molar-refractivity contribution in [3.05, 3.63) is 16.6 Å². The third kappa shape index (κ3) is 4.34. The first-order chi connectivity index (χ1) is 8.63. The first-order valence-corrected chi connectivity index (χ1v) is 7.80. The highest BCUT2D eigenvalue weighted by Gasteiger charge is 2.23. The lowest BCUT2D eigenvalue weighted by Gasteiger charge is -2.21. The van der Waals surface area contributed by atoms with Gasteiger partial charge in [0.2, 0.25) is 0 Å². The molecule has 0 bridgehead atoms. The molecule has 0 spiro atoms. The molecular formula is C14H25N3S. The fourth-order valence-electron chi connectivity index (χ4n) is 2.81. The molecule has 18 heavy (non-hydrogen) atoms. The van der Waals surface area contributed by atoms with E-state index in [1.807, 2.05) is 6.20 Å². The van der Waals surface area contributed by atoms with Gasteiger partial charge in [0, 0.05) is 31.2 Å². The maximum absolute atomic E-state index is 4.35. The fraction of sp³-hybridized carbons (Fsp3) is 0.786. The van der Waals surface area contributed by atoms with E-state index in [1.165, 1.54) is 37.6 Å². The van der Waals surface area contributed by atoms with Crippen LogP contribution in [0.4, 0.5) is 0 Å². The van der Waals surface area contributed by atoms with Crippen molar-refractivity contribution in [1.29, 1.82) is 0 Å². The molecule has 1 aliphatic heterocycles. The summed E-state index contributed by atoms with van der Waals surface area (Å²) >= 11 is 1.75. The smallest absolute Gasteiger partial charge is 0.107 e. The SMILES string of the molecule is CC(C)CN1CC[C@@H](CN(C)Cc2nccs2)C1. The van der Waals surface area contributed by atoms with Crippen molar-refractivity contribution < 1.29 is 0 Å². The Morgan fingerprint density at radius 2 is 2.39 bits per heavy atom. The van der Waals surface area contributed by atoms with Crippen LogP contribution in [0, 0.1) is 11.8 Å². The van der Waals surface area contributed by atoms with Gasteiger partial charge in [-0.15, -0.1) is 11.3 Å². The van der Waals surface area contributed by atoms with E-state index in [0.29, 0.717) is 0 Å². The summed E-state index contributed by atoms with van der Waals surface area (Å²) in [5.41, 5.74) is 0.